The van der Waals surface area contributed by atoms with Crippen LogP contribution in [0.5, 0.6) is 0 Å². The minimum Gasteiger partial charge on any atom is -0.347 e. The average Bonchev–Trinajstić information content (AvgIpc) is 3.47. The van der Waals surface area contributed by atoms with Crippen LogP contribution in [0.2, 0.25) is 0 Å². The molecule has 2 aromatic carbocycles. The molecule has 33 heavy (non-hydrogen) atoms. The zero-order chi connectivity index (χ0) is 22.9. The van der Waals surface area contributed by atoms with Gasteiger partial charge < -0.3 is 19.7 Å². The quantitative estimate of drug-likeness (QED) is 0.356. The third-order valence-corrected chi connectivity index (χ3v) is 5.28. The number of aromatic nitrogens is 4. The maximum Gasteiger partial charge on any atom is 0.322 e. The van der Waals surface area contributed by atoms with E-state index < -0.39 is 22.8 Å². The van der Waals surface area contributed by atoms with Crippen molar-refractivity contribution in [2.45, 2.75) is 19.0 Å². The maximum absolute atomic E-state index is 13.5. The molecule has 0 saturated carbocycles. The standard InChI is InChI=1S/C21H16FN7O4/c22-13-4-2-5-14(8-13)25-21(30)28-10-17-16(23-11-24-17)9-18(28)20-26-19(27-33-20)12-3-1-6-15(7-12)29(31)32/h1-8,11,18H,9-10H2,(H,23,24)(H,25,30)/t18-/m0/s1. The Labute approximate surface area is 185 Å². The van der Waals surface area contributed by atoms with Gasteiger partial charge in [-0.3, -0.25) is 10.1 Å². The zero-order valence-corrected chi connectivity index (χ0v) is 16.9. The molecule has 166 valence electrons. The van der Waals surface area contributed by atoms with Crippen LogP contribution in [0, 0.1) is 15.9 Å². The summed E-state index contributed by atoms with van der Waals surface area (Å²) in [6.45, 7) is 0.190. The van der Waals surface area contributed by atoms with Gasteiger partial charge >= 0.3 is 6.03 Å². The molecule has 1 aliphatic heterocycles. The summed E-state index contributed by atoms with van der Waals surface area (Å²) in [5.74, 6) is -0.163. The highest BCUT2D eigenvalue weighted by Gasteiger charge is 2.36. The van der Waals surface area contributed by atoms with Crippen molar-refractivity contribution in [1.29, 1.82) is 0 Å². The van der Waals surface area contributed by atoms with Crippen LogP contribution < -0.4 is 5.32 Å². The number of imidazole rings is 1. The molecule has 0 aliphatic carbocycles. The monoisotopic (exact) mass is 449 g/mol. The first kappa shape index (κ1) is 20.3. The van der Waals surface area contributed by atoms with E-state index in [2.05, 4.69) is 25.4 Å². The number of nitrogens with zero attached hydrogens (tertiary/aromatic N) is 5. The van der Waals surface area contributed by atoms with Gasteiger partial charge in [0.2, 0.25) is 11.7 Å². The Morgan fingerprint density at radius 3 is 2.94 bits per heavy atom. The Balaban J connectivity index is 1.45. The van der Waals surface area contributed by atoms with Gasteiger partial charge in [0.15, 0.2) is 0 Å². The summed E-state index contributed by atoms with van der Waals surface area (Å²) >= 11 is 0. The maximum atomic E-state index is 13.5. The smallest absolute Gasteiger partial charge is 0.322 e. The van der Waals surface area contributed by atoms with E-state index in [0.717, 1.165) is 11.4 Å². The molecule has 5 rings (SSSR count). The lowest BCUT2D eigenvalue weighted by Crippen LogP contribution is -2.41. The van der Waals surface area contributed by atoms with E-state index in [0.29, 0.717) is 17.7 Å². The number of H-pyrrole nitrogens is 1. The van der Waals surface area contributed by atoms with E-state index in [1.807, 2.05) is 0 Å². The van der Waals surface area contributed by atoms with Crippen molar-refractivity contribution in [2.24, 2.45) is 0 Å². The van der Waals surface area contributed by atoms with Gasteiger partial charge in [-0.1, -0.05) is 23.4 Å². The lowest BCUT2D eigenvalue weighted by molar-refractivity contribution is -0.384. The third kappa shape index (κ3) is 4.01. The minimum absolute atomic E-state index is 0.103. The molecule has 0 saturated heterocycles. The van der Waals surface area contributed by atoms with Crippen molar-refractivity contribution in [1.82, 2.24) is 25.0 Å². The molecule has 2 amide bonds. The van der Waals surface area contributed by atoms with Crippen molar-refractivity contribution < 1.29 is 18.6 Å². The summed E-state index contributed by atoms with van der Waals surface area (Å²) in [6.07, 6.45) is 1.85. The summed E-state index contributed by atoms with van der Waals surface area (Å²) in [6, 6.07) is 10.3. The van der Waals surface area contributed by atoms with Crippen LogP contribution in [0.15, 0.2) is 59.4 Å². The van der Waals surface area contributed by atoms with Crippen LogP contribution >= 0.6 is 0 Å². The van der Waals surface area contributed by atoms with Crippen LogP contribution in [0.25, 0.3) is 11.4 Å². The number of hydrogen-bond acceptors (Lipinski definition) is 7. The molecular formula is C21H16FN7O4. The summed E-state index contributed by atoms with van der Waals surface area (Å²) < 4.78 is 19.0. The first-order chi connectivity index (χ1) is 16.0. The normalized spacial score (nSPS) is 15.2. The first-order valence-electron chi connectivity index (χ1n) is 9.90. The Morgan fingerprint density at radius 1 is 1.27 bits per heavy atom. The Morgan fingerprint density at radius 2 is 2.12 bits per heavy atom. The van der Waals surface area contributed by atoms with E-state index in [9.17, 15) is 19.3 Å². The molecular weight excluding hydrogens is 433 g/mol. The molecule has 11 nitrogen and oxygen atoms in total. The molecule has 0 fully saturated rings. The summed E-state index contributed by atoms with van der Waals surface area (Å²) in [4.78, 5) is 36.8. The Hall–Kier alpha value is -4.61. The van der Waals surface area contributed by atoms with Gasteiger partial charge in [0.25, 0.3) is 5.69 Å². The number of nitro groups is 1. The lowest BCUT2D eigenvalue weighted by Gasteiger charge is -2.32. The molecule has 0 spiro atoms. The fourth-order valence-corrected chi connectivity index (χ4v) is 3.68. The van der Waals surface area contributed by atoms with E-state index in [-0.39, 0.29) is 23.9 Å². The molecule has 1 atom stereocenters. The van der Waals surface area contributed by atoms with Gasteiger partial charge in [-0.25, -0.2) is 14.2 Å². The number of carbonyl (C=O) groups excluding carboxylic acids is 1. The van der Waals surface area contributed by atoms with Crippen LogP contribution in [-0.4, -0.2) is 36.0 Å². The average molecular weight is 449 g/mol. The number of rotatable bonds is 4. The molecule has 2 N–H and O–H groups in total. The fraction of sp³-hybridized carbons (Fsp3) is 0.143. The van der Waals surface area contributed by atoms with Crippen LogP contribution in [0.1, 0.15) is 23.3 Å². The van der Waals surface area contributed by atoms with Crippen molar-refractivity contribution in [3.05, 3.63) is 88.1 Å². The van der Waals surface area contributed by atoms with E-state index in [4.69, 9.17) is 4.52 Å². The number of hydrogen-bond donors (Lipinski definition) is 2. The van der Waals surface area contributed by atoms with Crippen LogP contribution in [0.4, 0.5) is 20.6 Å². The second-order valence-corrected chi connectivity index (χ2v) is 7.38. The number of halogens is 1. The zero-order valence-electron chi connectivity index (χ0n) is 16.9. The number of urea groups is 1. The van der Waals surface area contributed by atoms with Gasteiger partial charge in [-0.05, 0) is 18.2 Å². The van der Waals surface area contributed by atoms with Gasteiger partial charge in [0.05, 0.1) is 29.2 Å². The van der Waals surface area contributed by atoms with Crippen molar-refractivity contribution in [3.63, 3.8) is 0 Å². The van der Waals surface area contributed by atoms with Crippen molar-refractivity contribution in [2.75, 3.05) is 5.32 Å². The highest BCUT2D eigenvalue weighted by Crippen LogP contribution is 2.33. The fourth-order valence-electron chi connectivity index (χ4n) is 3.68. The van der Waals surface area contributed by atoms with Gasteiger partial charge in [-0.2, -0.15) is 4.98 Å². The summed E-state index contributed by atoms with van der Waals surface area (Å²) in [5.41, 5.74) is 2.13. The number of benzene rings is 2. The second-order valence-electron chi connectivity index (χ2n) is 7.38. The van der Waals surface area contributed by atoms with E-state index in [1.54, 1.807) is 12.1 Å². The molecule has 0 bridgehead atoms. The minimum atomic E-state index is -0.644. The molecule has 0 radical (unpaired) electrons. The van der Waals surface area contributed by atoms with Crippen LogP contribution in [0.3, 0.4) is 0 Å². The van der Waals surface area contributed by atoms with Gasteiger partial charge in [-0.15, -0.1) is 0 Å². The number of carbonyl (C=O) groups is 1. The predicted octanol–water partition coefficient (Wildman–Crippen LogP) is 3.84. The molecule has 3 heterocycles. The van der Waals surface area contributed by atoms with E-state index in [1.165, 1.54) is 47.6 Å². The molecule has 12 heteroatoms. The number of aromatic amines is 1. The molecule has 2 aromatic heterocycles. The SMILES string of the molecule is O=C(Nc1cccc(F)c1)N1Cc2[nH]cnc2C[C@H]1c1nc(-c2cccc([N+](=O)[O-])c2)no1. The number of nitro benzene ring substituents is 1. The number of nitrogens with one attached hydrogen (secondary N) is 2. The predicted molar refractivity (Wildman–Crippen MR) is 112 cm³/mol. The molecule has 1 aliphatic rings. The summed E-state index contributed by atoms with van der Waals surface area (Å²) in [7, 11) is 0. The highest BCUT2D eigenvalue weighted by atomic mass is 19.1. The Kier molecular flexibility index (Phi) is 5.01. The number of amides is 2. The lowest BCUT2D eigenvalue weighted by atomic mass is 10.0. The number of non-ortho nitro benzene ring substituents is 1. The first-order valence-corrected chi connectivity index (χ1v) is 9.90. The Bertz CT molecular complexity index is 1350. The molecule has 0 unspecified atom stereocenters. The third-order valence-electron chi connectivity index (χ3n) is 5.28. The van der Waals surface area contributed by atoms with Crippen molar-refractivity contribution in [3.8, 4) is 11.4 Å². The number of fused-ring (bicyclic) bond motifs is 1. The summed E-state index contributed by atoms with van der Waals surface area (Å²) in [5, 5.41) is 17.7. The number of anilines is 1. The van der Waals surface area contributed by atoms with Crippen molar-refractivity contribution >= 4 is 17.4 Å². The largest absolute Gasteiger partial charge is 0.347 e. The molecule has 4 aromatic rings. The topological polar surface area (TPSA) is 143 Å². The highest BCUT2D eigenvalue weighted by molar-refractivity contribution is 5.89. The van der Waals surface area contributed by atoms with Gasteiger partial charge in [0, 0.05) is 29.8 Å². The van der Waals surface area contributed by atoms with Crippen LogP contribution in [-0.2, 0) is 13.0 Å². The van der Waals surface area contributed by atoms with E-state index >= 15 is 0 Å². The second kappa shape index (κ2) is 8.15. The van der Waals surface area contributed by atoms with Gasteiger partial charge in [0.1, 0.15) is 11.9 Å².